The third-order valence-electron chi connectivity index (χ3n) is 4.72. The molecule has 2 aromatic carbocycles. The van der Waals surface area contributed by atoms with Gasteiger partial charge in [-0.25, -0.2) is 14.6 Å². The third-order valence-corrected chi connectivity index (χ3v) is 5.72. The fraction of sp³-hybridized carbons (Fsp3) is 0.250. The Hall–Kier alpha value is -3.13. The van der Waals surface area contributed by atoms with Crippen LogP contribution in [0.3, 0.4) is 0 Å². The van der Waals surface area contributed by atoms with E-state index in [-0.39, 0.29) is 6.03 Å². The molecule has 0 radical (unpaired) electrons. The highest BCUT2D eigenvalue weighted by Gasteiger charge is 2.24. The van der Waals surface area contributed by atoms with E-state index < -0.39 is 6.09 Å². The van der Waals surface area contributed by atoms with Crippen LogP contribution >= 0.6 is 11.3 Å². The molecule has 2 heterocycles. The topological polar surface area (TPSA) is 83.6 Å². The van der Waals surface area contributed by atoms with Gasteiger partial charge < -0.3 is 15.0 Å². The van der Waals surface area contributed by atoms with Gasteiger partial charge in [-0.2, -0.15) is 0 Å². The number of thiazole rings is 1. The highest BCUT2D eigenvalue weighted by Crippen LogP contribution is 2.28. The van der Waals surface area contributed by atoms with Crippen molar-refractivity contribution < 1.29 is 14.3 Å². The van der Waals surface area contributed by atoms with E-state index in [1.165, 1.54) is 18.4 Å². The number of ether oxygens (including phenoxy) is 1. The Labute approximate surface area is 166 Å². The van der Waals surface area contributed by atoms with Gasteiger partial charge in [-0.1, -0.05) is 53.8 Å². The first-order chi connectivity index (χ1) is 13.6. The van der Waals surface area contributed by atoms with E-state index in [4.69, 9.17) is 0 Å². The average molecular weight is 396 g/mol. The second-order valence-electron chi connectivity index (χ2n) is 6.47. The van der Waals surface area contributed by atoms with Gasteiger partial charge in [0.05, 0.1) is 19.3 Å². The fourth-order valence-electron chi connectivity index (χ4n) is 3.29. The summed E-state index contributed by atoms with van der Waals surface area (Å²) in [6.45, 7) is 1.55. The smallest absolute Gasteiger partial charge is 0.413 e. The SMILES string of the molecule is COC(=O)Nc1nc2c(s1)CN(C(=O)NCc1cccc3ccccc13)CC2. The number of carbonyl (C=O) groups excluding carboxylic acids is 2. The lowest BCUT2D eigenvalue weighted by Crippen LogP contribution is -2.42. The van der Waals surface area contributed by atoms with Gasteiger partial charge in [0.1, 0.15) is 0 Å². The molecule has 3 amide bonds. The maximum Gasteiger partial charge on any atom is 0.413 e. The molecular formula is C20H20N4O3S. The molecule has 144 valence electrons. The number of anilines is 1. The Bertz CT molecular complexity index is 1030. The van der Waals surface area contributed by atoms with Crippen molar-refractivity contribution in [2.75, 3.05) is 19.0 Å². The first-order valence-electron chi connectivity index (χ1n) is 8.97. The summed E-state index contributed by atoms with van der Waals surface area (Å²) in [5.41, 5.74) is 2.01. The van der Waals surface area contributed by atoms with Crippen molar-refractivity contribution >= 4 is 39.4 Å². The molecule has 0 saturated carbocycles. The third kappa shape index (κ3) is 3.77. The number of aromatic nitrogens is 1. The molecule has 8 heteroatoms. The van der Waals surface area contributed by atoms with Crippen LogP contribution in [0.4, 0.5) is 14.7 Å². The number of fused-ring (bicyclic) bond motifs is 2. The van der Waals surface area contributed by atoms with E-state index in [0.29, 0.717) is 31.2 Å². The minimum atomic E-state index is -0.546. The molecule has 0 bridgehead atoms. The van der Waals surface area contributed by atoms with Gasteiger partial charge >= 0.3 is 12.1 Å². The number of nitrogens with one attached hydrogen (secondary N) is 2. The normalized spacial score (nSPS) is 13.1. The second kappa shape index (κ2) is 7.85. The standard InChI is InChI=1S/C20H20N4O3S/c1-27-20(26)23-18-22-16-9-10-24(12-17(16)28-18)19(25)21-11-14-7-4-6-13-5-2-3-8-15(13)14/h2-8H,9-12H2,1H3,(H,21,25)(H,22,23,26). The van der Waals surface area contributed by atoms with Crippen molar-refractivity contribution in [3.63, 3.8) is 0 Å². The average Bonchev–Trinajstić information content (AvgIpc) is 3.13. The van der Waals surface area contributed by atoms with Gasteiger partial charge in [0.15, 0.2) is 5.13 Å². The zero-order valence-corrected chi connectivity index (χ0v) is 16.2. The number of benzene rings is 2. The van der Waals surface area contributed by atoms with E-state index in [2.05, 4.69) is 38.6 Å². The molecule has 0 atom stereocenters. The molecule has 3 aromatic rings. The lowest BCUT2D eigenvalue weighted by atomic mass is 10.0. The Morgan fingerprint density at radius 3 is 2.89 bits per heavy atom. The molecule has 0 spiro atoms. The minimum absolute atomic E-state index is 0.102. The molecule has 0 saturated heterocycles. The van der Waals surface area contributed by atoms with Gasteiger partial charge in [0, 0.05) is 24.4 Å². The van der Waals surface area contributed by atoms with Gasteiger partial charge in [-0.3, -0.25) is 5.32 Å². The summed E-state index contributed by atoms with van der Waals surface area (Å²) < 4.78 is 4.59. The monoisotopic (exact) mass is 396 g/mol. The van der Waals surface area contributed by atoms with Crippen molar-refractivity contribution in [2.45, 2.75) is 19.5 Å². The summed E-state index contributed by atoms with van der Waals surface area (Å²) in [6, 6.07) is 14.1. The van der Waals surface area contributed by atoms with Crippen molar-refractivity contribution in [1.29, 1.82) is 0 Å². The fourth-order valence-corrected chi connectivity index (χ4v) is 4.30. The van der Waals surface area contributed by atoms with Crippen LogP contribution in [0.25, 0.3) is 10.8 Å². The van der Waals surface area contributed by atoms with Crippen LogP contribution in [0, 0.1) is 0 Å². The van der Waals surface area contributed by atoms with Crippen LogP contribution in [0.1, 0.15) is 16.1 Å². The zero-order chi connectivity index (χ0) is 19.5. The molecule has 7 nitrogen and oxygen atoms in total. The number of amides is 3. The molecule has 0 aliphatic carbocycles. The number of rotatable bonds is 3. The Morgan fingerprint density at radius 1 is 1.21 bits per heavy atom. The molecule has 0 fully saturated rings. The molecule has 1 aliphatic rings. The Morgan fingerprint density at radius 2 is 2.04 bits per heavy atom. The first-order valence-corrected chi connectivity index (χ1v) is 9.78. The maximum absolute atomic E-state index is 12.7. The summed E-state index contributed by atoms with van der Waals surface area (Å²) in [4.78, 5) is 31.2. The van der Waals surface area contributed by atoms with Crippen molar-refractivity contribution in [3.05, 3.63) is 58.6 Å². The molecule has 2 N–H and O–H groups in total. The number of nitrogens with zero attached hydrogens (tertiary/aromatic N) is 2. The molecule has 1 aliphatic heterocycles. The highest BCUT2D eigenvalue weighted by molar-refractivity contribution is 7.15. The molecular weight excluding hydrogens is 376 g/mol. The van der Waals surface area contributed by atoms with E-state index in [1.807, 2.05) is 24.3 Å². The van der Waals surface area contributed by atoms with Gasteiger partial charge in [0.25, 0.3) is 0 Å². The van der Waals surface area contributed by atoms with E-state index in [1.54, 1.807) is 4.90 Å². The van der Waals surface area contributed by atoms with Crippen LogP contribution < -0.4 is 10.6 Å². The molecule has 4 rings (SSSR count). The Kier molecular flexibility index (Phi) is 5.12. The quantitative estimate of drug-likeness (QED) is 0.706. The number of hydrogen-bond acceptors (Lipinski definition) is 5. The second-order valence-corrected chi connectivity index (χ2v) is 7.56. The lowest BCUT2D eigenvalue weighted by Gasteiger charge is -2.26. The predicted molar refractivity (Wildman–Crippen MR) is 108 cm³/mol. The van der Waals surface area contributed by atoms with Crippen molar-refractivity contribution in [2.24, 2.45) is 0 Å². The maximum atomic E-state index is 12.7. The summed E-state index contributed by atoms with van der Waals surface area (Å²) in [6.07, 6.45) is 0.117. The summed E-state index contributed by atoms with van der Waals surface area (Å²) in [7, 11) is 1.31. The van der Waals surface area contributed by atoms with Crippen LogP contribution in [-0.2, 0) is 24.2 Å². The summed E-state index contributed by atoms with van der Waals surface area (Å²) >= 11 is 1.37. The zero-order valence-electron chi connectivity index (χ0n) is 15.4. The van der Waals surface area contributed by atoms with Crippen molar-refractivity contribution in [3.8, 4) is 0 Å². The highest BCUT2D eigenvalue weighted by atomic mass is 32.1. The molecule has 1 aromatic heterocycles. The van der Waals surface area contributed by atoms with E-state index in [9.17, 15) is 9.59 Å². The number of urea groups is 1. The van der Waals surface area contributed by atoms with Crippen molar-refractivity contribution in [1.82, 2.24) is 15.2 Å². The molecule has 28 heavy (non-hydrogen) atoms. The first kappa shape index (κ1) is 18.2. The minimum Gasteiger partial charge on any atom is -0.453 e. The van der Waals surface area contributed by atoms with E-state index >= 15 is 0 Å². The number of hydrogen-bond donors (Lipinski definition) is 2. The number of carbonyl (C=O) groups is 2. The molecule has 0 unspecified atom stereocenters. The largest absolute Gasteiger partial charge is 0.453 e. The predicted octanol–water partition coefficient (Wildman–Crippen LogP) is 3.74. The van der Waals surface area contributed by atoms with Crippen LogP contribution in [0.5, 0.6) is 0 Å². The van der Waals surface area contributed by atoms with E-state index in [0.717, 1.165) is 26.9 Å². The van der Waals surface area contributed by atoms with Gasteiger partial charge in [0.2, 0.25) is 0 Å². The Balaban J connectivity index is 1.40. The number of methoxy groups -OCH3 is 1. The van der Waals surface area contributed by atoms with Crippen LogP contribution in [0.15, 0.2) is 42.5 Å². The van der Waals surface area contributed by atoms with Gasteiger partial charge in [-0.15, -0.1) is 0 Å². The summed E-state index contributed by atoms with van der Waals surface area (Å²) in [5, 5.41) is 8.41. The lowest BCUT2D eigenvalue weighted by molar-refractivity contribution is 0.187. The summed E-state index contributed by atoms with van der Waals surface area (Å²) in [5.74, 6) is 0. The van der Waals surface area contributed by atoms with Crippen LogP contribution in [-0.4, -0.2) is 35.7 Å². The van der Waals surface area contributed by atoms with Gasteiger partial charge in [-0.05, 0) is 16.3 Å². The van der Waals surface area contributed by atoms with Crippen LogP contribution in [0.2, 0.25) is 0 Å².